The minimum atomic E-state index is -1.23. The van der Waals surface area contributed by atoms with E-state index in [2.05, 4.69) is 5.18 Å². The van der Waals surface area contributed by atoms with Crippen LogP contribution in [0.3, 0.4) is 0 Å². The third-order valence-electron chi connectivity index (χ3n) is 2.29. The lowest BCUT2D eigenvalue weighted by molar-refractivity contribution is -0.141. The molecule has 0 heterocycles. The second kappa shape index (κ2) is 9.50. The summed E-state index contributed by atoms with van der Waals surface area (Å²) in [6, 6.07) is 0. The zero-order valence-electron chi connectivity index (χ0n) is 11.1. The maximum atomic E-state index is 10.9. The van der Waals surface area contributed by atoms with E-state index in [1.165, 1.54) is 4.90 Å². The molecule has 0 radical (unpaired) electrons. The molecule has 0 rings (SSSR count). The van der Waals surface area contributed by atoms with Gasteiger partial charge in [0, 0.05) is 18.3 Å². The Balaban J connectivity index is 4.60. The molecule has 11 heteroatoms. The molecule has 2 amide bonds. The predicted octanol–water partition coefficient (Wildman–Crippen LogP) is -2.46. The van der Waals surface area contributed by atoms with Gasteiger partial charge in [-0.1, -0.05) is 0 Å². The summed E-state index contributed by atoms with van der Waals surface area (Å²) >= 11 is 0. The Labute approximate surface area is 119 Å². The molecule has 118 valence electrons. The van der Waals surface area contributed by atoms with Gasteiger partial charge in [0.05, 0.1) is 26.2 Å². The van der Waals surface area contributed by atoms with Crippen molar-refractivity contribution < 1.29 is 29.4 Å². The molecule has 0 aromatic carbocycles. The molecule has 0 spiro atoms. The number of hydrogen-bond donors (Lipinski definition) is 3. The van der Waals surface area contributed by atoms with E-state index >= 15 is 0 Å². The molecule has 0 aliphatic rings. The second-order valence-corrected chi connectivity index (χ2v) is 4.16. The molecule has 0 atom stereocenters. The Morgan fingerprint density at radius 1 is 0.857 bits per heavy atom. The summed E-state index contributed by atoms with van der Waals surface area (Å²) in [4.78, 5) is 55.3. The topological polar surface area (TPSA) is 171 Å². The van der Waals surface area contributed by atoms with Crippen molar-refractivity contribution in [1.82, 2.24) is 9.80 Å². The highest BCUT2D eigenvalue weighted by molar-refractivity contribution is 5.79. The van der Waals surface area contributed by atoms with Gasteiger partial charge in [-0.15, -0.1) is 4.91 Å². The lowest BCUT2D eigenvalue weighted by Gasteiger charge is -2.23. The molecule has 0 aromatic rings. The summed E-state index contributed by atoms with van der Waals surface area (Å²) < 4.78 is 0. The van der Waals surface area contributed by atoms with Crippen LogP contribution in [0.1, 0.15) is 0 Å². The van der Waals surface area contributed by atoms with Crippen LogP contribution in [0.2, 0.25) is 0 Å². The molecular formula is C10H16N4O7. The number of nitroso groups, excluding NO2 is 1. The third-order valence-corrected chi connectivity index (χ3v) is 2.29. The molecule has 0 aliphatic heterocycles. The van der Waals surface area contributed by atoms with E-state index in [9.17, 15) is 24.1 Å². The number of amides is 2. The standard InChI is InChI=1S/C10H16N4O7/c11-7(15)3-13(5-9(17)18)1-2-14(6-10(19)20)4-8(16)12-21/h1-6H2,(H2,11,15)(H,17,18)(H,19,20). The first-order chi connectivity index (χ1) is 9.74. The average molecular weight is 304 g/mol. The molecule has 0 aliphatic carbocycles. The smallest absolute Gasteiger partial charge is 0.317 e. The Morgan fingerprint density at radius 3 is 1.62 bits per heavy atom. The number of hydrogen-bond acceptors (Lipinski definition) is 7. The van der Waals surface area contributed by atoms with E-state index in [-0.39, 0.29) is 19.6 Å². The number of primary amides is 1. The Morgan fingerprint density at radius 2 is 1.29 bits per heavy atom. The van der Waals surface area contributed by atoms with Crippen LogP contribution in [-0.4, -0.2) is 83.0 Å². The van der Waals surface area contributed by atoms with Crippen LogP contribution in [0.15, 0.2) is 5.18 Å². The molecule has 0 saturated carbocycles. The quantitative estimate of drug-likeness (QED) is 0.350. The number of nitrogens with two attached hydrogens (primary N) is 1. The van der Waals surface area contributed by atoms with Crippen molar-refractivity contribution in [2.75, 3.05) is 39.3 Å². The summed E-state index contributed by atoms with van der Waals surface area (Å²) in [5, 5.41) is 19.5. The molecule has 0 unspecified atom stereocenters. The van der Waals surface area contributed by atoms with Gasteiger partial charge in [0.15, 0.2) is 0 Å². The van der Waals surface area contributed by atoms with Gasteiger partial charge in [0.2, 0.25) is 5.91 Å². The van der Waals surface area contributed by atoms with E-state index in [1.54, 1.807) is 0 Å². The van der Waals surface area contributed by atoms with Gasteiger partial charge >= 0.3 is 11.9 Å². The number of aliphatic carboxylic acids is 2. The minimum Gasteiger partial charge on any atom is -0.480 e. The van der Waals surface area contributed by atoms with Gasteiger partial charge < -0.3 is 15.9 Å². The van der Waals surface area contributed by atoms with Crippen molar-refractivity contribution in [2.24, 2.45) is 10.9 Å². The van der Waals surface area contributed by atoms with E-state index in [0.717, 1.165) is 4.90 Å². The zero-order chi connectivity index (χ0) is 16.4. The fraction of sp³-hybridized carbons (Fsp3) is 0.600. The minimum absolute atomic E-state index is 0.0192. The highest BCUT2D eigenvalue weighted by atomic mass is 16.4. The maximum Gasteiger partial charge on any atom is 0.317 e. The van der Waals surface area contributed by atoms with Crippen molar-refractivity contribution in [1.29, 1.82) is 0 Å². The first kappa shape index (κ1) is 18.6. The zero-order valence-corrected chi connectivity index (χ0v) is 11.1. The number of carbonyl (C=O) groups is 4. The lowest BCUT2D eigenvalue weighted by atomic mass is 10.3. The summed E-state index contributed by atoms with van der Waals surface area (Å²) in [5.41, 5.74) is 4.97. The third kappa shape index (κ3) is 10.1. The molecular weight excluding hydrogens is 288 g/mol. The summed E-state index contributed by atoms with van der Waals surface area (Å²) in [6.45, 7) is -1.90. The summed E-state index contributed by atoms with van der Waals surface area (Å²) in [5.74, 6) is -4.21. The first-order valence-electron chi connectivity index (χ1n) is 5.77. The second-order valence-electron chi connectivity index (χ2n) is 4.16. The van der Waals surface area contributed by atoms with Crippen LogP contribution in [0.25, 0.3) is 0 Å². The highest BCUT2D eigenvalue weighted by Gasteiger charge is 2.18. The lowest BCUT2D eigenvalue weighted by Crippen LogP contribution is -2.44. The van der Waals surface area contributed by atoms with Crippen molar-refractivity contribution in [3.05, 3.63) is 4.91 Å². The van der Waals surface area contributed by atoms with E-state index in [4.69, 9.17) is 15.9 Å². The Kier molecular flexibility index (Phi) is 8.41. The van der Waals surface area contributed by atoms with Crippen LogP contribution in [0, 0.1) is 4.91 Å². The van der Waals surface area contributed by atoms with E-state index in [1.807, 2.05) is 0 Å². The molecule has 0 saturated heterocycles. The van der Waals surface area contributed by atoms with Gasteiger partial charge in [0.25, 0.3) is 5.91 Å². The van der Waals surface area contributed by atoms with Crippen LogP contribution in [0.5, 0.6) is 0 Å². The summed E-state index contributed by atoms with van der Waals surface area (Å²) in [6.07, 6.45) is 0. The van der Waals surface area contributed by atoms with E-state index in [0.29, 0.717) is 0 Å². The van der Waals surface area contributed by atoms with Crippen molar-refractivity contribution in [3.63, 3.8) is 0 Å². The van der Waals surface area contributed by atoms with Gasteiger partial charge in [0.1, 0.15) is 0 Å². The number of carboxylic acid groups (broad SMARTS) is 2. The first-order valence-corrected chi connectivity index (χ1v) is 5.77. The van der Waals surface area contributed by atoms with Gasteiger partial charge in [-0.2, -0.15) is 0 Å². The number of carboxylic acids is 2. The van der Waals surface area contributed by atoms with Crippen molar-refractivity contribution in [2.45, 2.75) is 0 Å². The fourth-order valence-corrected chi connectivity index (χ4v) is 1.53. The number of rotatable bonds is 11. The SMILES string of the molecule is NC(=O)CN(CCN(CC(=O)O)CC(=O)N=O)CC(=O)O. The number of nitrogens with zero attached hydrogens (tertiary/aromatic N) is 3. The molecule has 11 nitrogen and oxygen atoms in total. The monoisotopic (exact) mass is 304 g/mol. The molecule has 0 aromatic heterocycles. The normalized spacial score (nSPS) is 10.6. The van der Waals surface area contributed by atoms with Crippen molar-refractivity contribution >= 4 is 23.8 Å². The molecule has 0 fully saturated rings. The molecule has 0 bridgehead atoms. The van der Waals surface area contributed by atoms with Gasteiger partial charge in [-0.25, -0.2) is 0 Å². The Hall–Kier alpha value is -2.40. The van der Waals surface area contributed by atoms with Crippen LogP contribution in [-0.2, 0) is 19.2 Å². The summed E-state index contributed by atoms with van der Waals surface area (Å²) in [7, 11) is 0. The number of carbonyl (C=O) groups excluding carboxylic acids is 2. The van der Waals surface area contributed by atoms with Gasteiger partial charge in [-0.3, -0.25) is 29.0 Å². The molecule has 4 N–H and O–H groups in total. The average Bonchev–Trinajstić information content (AvgIpc) is 2.33. The fourth-order valence-electron chi connectivity index (χ4n) is 1.53. The molecule has 21 heavy (non-hydrogen) atoms. The van der Waals surface area contributed by atoms with E-state index < -0.39 is 43.4 Å². The highest BCUT2D eigenvalue weighted by Crippen LogP contribution is 1.95. The predicted molar refractivity (Wildman–Crippen MR) is 68.1 cm³/mol. The van der Waals surface area contributed by atoms with Crippen LogP contribution < -0.4 is 5.73 Å². The van der Waals surface area contributed by atoms with Crippen LogP contribution in [0.4, 0.5) is 0 Å². The largest absolute Gasteiger partial charge is 0.480 e. The van der Waals surface area contributed by atoms with Gasteiger partial charge in [-0.05, 0) is 0 Å². The van der Waals surface area contributed by atoms with Crippen molar-refractivity contribution in [3.8, 4) is 0 Å². The maximum absolute atomic E-state index is 10.9. The van der Waals surface area contributed by atoms with Crippen LogP contribution >= 0.6 is 0 Å². The Bertz CT molecular complexity index is 410.